The van der Waals surface area contributed by atoms with Crippen LogP contribution < -0.4 is 0 Å². The highest BCUT2D eigenvalue weighted by Gasteiger charge is 1.88. The van der Waals surface area contributed by atoms with Crippen molar-refractivity contribution in [3.63, 3.8) is 0 Å². The van der Waals surface area contributed by atoms with E-state index in [4.69, 9.17) is 11.6 Å². The van der Waals surface area contributed by atoms with Gasteiger partial charge < -0.3 is 0 Å². The van der Waals surface area contributed by atoms with E-state index in [0.29, 0.717) is 12.3 Å². The van der Waals surface area contributed by atoms with E-state index in [-0.39, 0.29) is 0 Å². The van der Waals surface area contributed by atoms with Crippen molar-refractivity contribution in [1.29, 1.82) is 0 Å². The number of rotatable bonds is 2. The molecule has 0 N–H and O–H groups in total. The maximum Gasteiger partial charge on any atom is 0.0740 e. The third-order valence-electron chi connectivity index (χ3n) is 1.49. The Morgan fingerprint density at radius 3 is 2.57 bits per heavy atom. The fourth-order valence-corrected chi connectivity index (χ4v) is 1.08. The molecule has 14 heavy (non-hydrogen) atoms. The summed E-state index contributed by atoms with van der Waals surface area (Å²) < 4.78 is 0. The largest absolute Gasteiger partial charge is 0.195 e. The van der Waals surface area contributed by atoms with Crippen molar-refractivity contribution in [2.75, 3.05) is 5.88 Å². The first-order valence-corrected chi connectivity index (χ1v) is 5.04. The molecule has 1 aromatic rings. The second-order valence-electron chi connectivity index (χ2n) is 2.49. The number of isothiocyanates is 1. The van der Waals surface area contributed by atoms with E-state index in [0.717, 1.165) is 11.3 Å². The van der Waals surface area contributed by atoms with Gasteiger partial charge in [-0.25, -0.2) is 0 Å². The van der Waals surface area contributed by atoms with Crippen LogP contribution in [0, 0.1) is 11.8 Å². The van der Waals surface area contributed by atoms with Crippen LogP contribution in [0.15, 0.2) is 29.3 Å². The molecule has 0 fully saturated rings. The van der Waals surface area contributed by atoms with E-state index in [2.05, 4.69) is 34.2 Å². The maximum atomic E-state index is 5.50. The summed E-state index contributed by atoms with van der Waals surface area (Å²) in [6, 6.07) is 7.49. The van der Waals surface area contributed by atoms with Crippen molar-refractivity contribution in [3.05, 3.63) is 29.8 Å². The SMILES string of the molecule is S=C=Nc1ccc(C#CCCCl)cc1. The Labute approximate surface area is 93.8 Å². The molecule has 70 valence electrons. The summed E-state index contributed by atoms with van der Waals surface area (Å²) in [6.07, 6.45) is 0.710. The first kappa shape index (κ1) is 10.9. The van der Waals surface area contributed by atoms with Gasteiger partial charge in [-0.2, -0.15) is 4.99 Å². The Kier molecular flexibility index (Phi) is 4.96. The molecular weight excluding hydrogens is 214 g/mol. The van der Waals surface area contributed by atoms with Crippen LogP contribution in [0.5, 0.6) is 0 Å². The number of hydrogen-bond donors (Lipinski definition) is 0. The normalized spacial score (nSPS) is 8.36. The molecule has 0 amide bonds. The minimum atomic E-state index is 0.570. The van der Waals surface area contributed by atoms with E-state index >= 15 is 0 Å². The van der Waals surface area contributed by atoms with Crippen LogP contribution in [-0.2, 0) is 0 Å². The van der Waals surface area contributed by atoms with Crippen molar-refractivity contribution in [3.8, 4) is 11.8 Å². The lowest BCUT2D eigenvalue weighted by atomic mass is 10.2. The fraction of sp³-hybridized carbons (Fsp3) is 0.182. The highest BCUT2D eigenvalue weighted by molar-refractivity contribution is 7.78. The van der Waals surface area contributed by atoms with E-state index in [1.165, 1.54) is 0 Å². The highest BCUT2D eigenvalue weighted by Crippen LogP contribution is 2.11. The zero-order valence-electron chi connectivity index (χ0n) is 7.46. The van der Waals surface area contributed by atoms with Gasteiger partial charge in [0.2, 0.25) is 0 Å². The fourth-order valence-electron chi connectivity index (χ4n) is 0.884. The van der Waals surface area contributed by atoms with E-state index in [9.17, 15) is 0 Å². The molecular formula is C11H8ClNS. The van der Waals surface area contributed by atoms with Crippen LogP contribution in [0.25, 0.3) is 0 Å². The molecule has 0 aliphatic carbocycles. The lowest BCUT2D eigenvalue weighted by molar-refractivity contribution is 1.29. The smallest absolute Gasteiger partial charge is 0.0740 e. The third kappa shape index (κ3) is 3.72. The van der Waals surface area contributed by atoms with Gasteiger partial charge >= 0.3 is 0 Å². The number of nitrogens with zero attached hydrogens (tertiary/aromatic N) is 1. The molecule has 0 atom stereocenters. The van der Waals surface area contributed by atoms with Crippen LogP contribution in [0.2, 0.25) is 0 Å². The molecule has 0 saturated heterocycles. The summed E-state index contributed by atoms with van der Waals surface area (Å²) in [7, 11) is 0. The molecule has 0 radical (unpaired) electrons. The second-order valence-corrected chi connectivity index (χ2v) is 3.05. The van der Waals surface area contributed by atoms with Gasteiger partial charge in [0.25, 0.3) is 0 Å². The molecule has 0 saturated carbocycles. The molecule has 1 nitrogen and oxygen atoms in total. The van der Waals surface area contributed by atoms with Crippen molar-refractivity contribution < 1.29 is 0 Å². The summed E-state index contributed by atoms with van der Waals surface area (Å²) >= 11 is 9.99. The maximum absolute atomic E-state index is 5.50. The quantitative estimate of drug-likeness (QED) is 0.323. The second kappa shape index (κ2) is 6.34. The van der Waals surface area contributed by atoms with Gasteiger partial charge in [0.05, 0.1) is 10.8 Å². The number of alkyl halides is 1. The number of aliphatic imine (C=N–C) groups is 1. The lowest BCUT2D eigenvalue weighted by Gasteiger charge is -1.91. The monoisotopic (exact) mass is 221 g/mol. The molecule has 0 spiro atoms. The molecule has 1 rings (SSSR count). The minimum absolute atomic E-state index is 0.570. The molecule has 0 aliphatic rings. The van der Waals surface area contributed by atoms with E-state index < -0.39 is 0 Å². The molecule has 0 bridgehead atoms. The van der Waals surface area contributed by atoms with Gasteiger partial charge in [-0.05, 0) is 36.5 Å². The summed E-state index contributed by atoms with van der Waals surface area (Å²) in [4.78, 5) is 3.84. The van der Waals surface area contributed by atoms with E-state index in [1.54, 1.807) is 0 Å². The van der Waals surface area contributed by atoms with Crippen LogP contribution in [-0.4, -0.2) is 11.0 Å². The predicted octanol–water partition coefficient (Wildman–Crippen LogP) is 3.40. The summed E-state index contributed by atoms with van der Waals surface area (Å²) in [5.74, 6) is 6.52. The van der Waals surface area contributed by atoms with Crippen LogP contribution >= 0.6 is 23.8 Å². The zero-order chi connectivity index (χ0) is 10.2. The standard InChI is InChI=1S/C11H8ClNS/c12-8-2-1-3-10-4-6-11(7-5-10)13-9-14/h4-7H,2,8H2. The number of halogens is 1. The number of hydrogen-bond acceptors (Lipinski definition) is 2. The molecule has 0 unspecified atom stereocenters. The average Bonchev–Trinajstić information content (AvgIpc) is 2.21. The topological polar surface area (TPSA) is 12.4 Å². The highest BCUT2D eigenvalue weighted by atomic mass is 35.5. The Morgan fingerprint density at radius 1 is 1.29 bits per heavy atom. The van der Waals surface area contributed by atoms with Gasteiger partial charge in [0.15, 0.2) is 0 Å². The number of thiocarbonyl (C=S) groups is 1. The predicted molar refractivity (Wildman–Crippen MR) is 63.3 cm³/mol. The summed E-state index contributed by atoms with van der Waals surface area (Å²) in [5.41, 5.74) is 1.75. The third-order valence-corrected chi connectivity index (χ3v) is 1.77. The van der Waals surface area contributed by atoms with Gasteiger partial charge in [-0.1, -0.05) is 11.8 Å². The molecule has 1 aromatic carbocycles. The van der Waals surface area contributed by atoms with Crippen LogP contribution in [0.4, 0.5) is 5.69 Å². The van der Waals surface area contributed by atoms with Crippen molar-refractivity contribution >= 4 is 34.7 Å². The first-order chi connectivity index (χ1) is 6.86. The summed E-state index contributed by atoms with van der Waals surface area (Å²) in [5, 5.41) is 2.31. The molecule has 0 aliphatic heterocycles. The first-order valence-electron chi connectivity index (χ1n) is 4.09. The molecule has 0 heterocycles. The Bertz CT molecular complexity index is 394. The lowest BCUT2D eigenvalue weighted by Crippen LogP contribution is -1.73. The van der Waals surface area contributed by atoms with Gasteiger partial charge in [-0.3, -0.25) is 0 Å². The van der Waals surface area contributed by atoms with Crippen molar-refractivity contribution in [1.82, 2.24) is 0 Å². The van der Waals surface area contributed by atoms with Gasteiger partial charge in [0, 0.05) is 17.9 Å². The minimum Gasteiger partial charge on any atom is -0.195 e. The van der Waals surface area contributed by atoms with Crippen molar-refractivity contribution in [2.24, 2.45) is 4.99 Å². The van der Waals surface area contributed by atoms with Crippen molar-refractivity contribution in [2.45, 2.75) is 6.42 Å². The Hall–Kier alpha value is -1.13. The molecule has 3 heteroatoms. The zero-order valence-corrected chi connectivity index (χ0v) is 9.03. The Balaban J connectivity index is 2.74. The number of benzene rings is 1. The van der Waals surface area contributed by atoms with Crippen LogP contribution in [0.1, 0.15) is 12.0 Å². The van der Waals surface area contributed by atoms with Gasteiger partial charge in [0.1, 0.15) is 0 Å². The summed E-state index contributed by atoms with van der Waals surface area (Å²) in [6.45, 7) is 0. The average molecular weight is 222 g/mol. The van der Waals surface area contributed by atoms with Gasteiger partial charge in [-0.15, -0.1) is 11.6 Å². The Morgan fingerprint density at radius 2 is 2.00 bits per heavy atom. The molecule has 0 aromatic heterocycles. The van der Waals surface area contributed by atoms with E-state index in [1.807, 2.05) is 24.3 Å². The van der Waals surface area contributed by atoms with Crippen LogP contribution in [0.3, 0.4) is 0 Å².